The number of aryl methyl sites for hydroxylation is 1. The molecule has 0 radical (unpaired) electrons. The standard InChI is InChI=1S/C22H26N4O6S/c1-4-25-17-10-9-15(33(29,30)24(2)3)13-16(17)23-20(25)14-32-22(28)18-7-5-11-26(18)21(27)19-8-6-12-31-19/h6,8-10,12-13,18H,4-5,7,11,14H2,1-3H3/t18-/m0/s1. The van der Waals surface area contributed by atoms with E-state index in [9.17, 15) is 18.0 Å². The molecular formula is C22H26N4O6S. The van der Waals surface area contributed by atoms with Crippen molar-refractivity contribution >= 4 is 32.9 Å². The average molecular weight is 475 g/mol. The maximum Gasteiger partial charge on any atom is 0.329 e. The molecule has 0 aliphatic carbocycles. The predicted molar refractivity (Wildman–Crippen MR) is 119 cm³/mol. The van der Waals surface area contributed by atoms with Crippen molar-refractivity contribution in [3.63, 3.8) is 0 Å². The van der Waals surface area contributed by atoms with Crippen LogP contribution in [-0.4, -0.2) is 65.7 Å². The molecule has 0 N–H and O–H groups in total. The van der Waals surface area contributed by atoms with Crippen molar-refractivity contribution in [2.75, 3.05) is 20.6 Å². The van der Waals surface area contributed by atoms with E-state index in [2.05, 4.69) is 4.98 Å². The third-order valence-corrected chi connectivity index (χ3v) is 7.57. The van der Waals surface area contributed by atoms with Crippen molar-refractivity contribution < 1.29 is 27.2 Å². The lowest BCUT2D eigenvalue weighted by Crippen LogP contribution is -2.41. The maximum absolute atomic E-state index is 12.8. The molecule has 0 unspecified atom stereocenters. The number of rotatable bonds is 7. The molecule has 10 nitrogen and oxygen atoms in total. The van der Waals surface area contributed by atoms with Crippen molar-refractivity contribution in [2.24, 2.45) is 0 Å². The first-order valence-corrected chi connectivity index (χ1v) is 12.1. The number of aromatic nitrogens is 2. The second-order valence-corrected chi connectivity index (χ2v) is 10.1. The summed E-state index contributed by atoms with van der Waals surface area (Å²) in [5.74, 6) is -0.152. The lowest BCUT2D eigenvalue weighted by atomic mass is 10.2. The summed E-state index contributed by atoms with van der Waals surface area (Å²) >= 11 is 0. The molecule has 1 amide bonds. The van der Waals surface area contributed by atoms with Gasteiger partial charge in [-0.25, -0.2) is 22.5 Å². The molecule has 0 saturated carbocycles. The molecule has 3 aromatic rings. The first-order valence-electron chi connectivity index (χ1n) is 10.7. The molecule has 4 rings (SSSR count). The van der Waals surface area contributed by atoms with Crippen LogP contribution in [0.4, 0.5) is 0 Å². The molecule has 2 aromatic heterocycles. The summed E-state index contributed by atoms with van der Waals surface area (Å²) in [6.45, 7) is 2.86. The smallest absolute Gasteiger partial charge is 0.329 e. The van der Waals surface area contributed by atoms with E-state index in [1.54, 1.807) is 18.2 Å². The van der Waals surface area contributed by atoms with Crippen molar-refractivity contribution in [3.8, 4) is 0 Å². The third kappa shape index (κ3) is 4.25. The normalized spacial score (nSPS) is 16.6. The highest BCUT2D eigenvalue weighted by Gasteiger charge is 2.36. The first-order chi connectivity index (χ1) is 15.7. The second-order valence-electron chi connectivity index (χ2n) is 7.95. The minimum Gasteiger partial charge on any atom is -0.459 e. The van der Waals surface area contributed by atoms with E-state index in [0.717, 1.165) is 9.82 Å². The number of sulfonamides is 1. The molecule has 33 heavy (non-hydrogen) atoms. The van der Waals surface area contributed by atoms with E-state index < -0.39 is 22.0 Å². The van der Waals surface area contributed by atoms with Gasteiger partial charge in [-0.3, -0.25) is 4.79 Å². The van der Waals surface area contributed by atoms with Gasteiger partial charge in [0.1, 0.15) is 18.5 Å². The molecule has 1 aliphatic rings. The molecule has 0 spiro atoms. The predicted octanol–water partition coefficient (Wildman–Crippen LogP) is 2.25. The zero-order valence-electron chi connectivity index (χ0n) is 18.7. The van der Waals surface area contributed by atoms with Crippen molar-refractivity contribution in [1.82, 2.24) is 18.8 Å². The quantitative estimate of drug-likeness (QED) is 0.482. The van der Waals surface area contributed by atoms with E-state index in [4.69, 9.17) is 9.15 Å². The monoisotopic (exact) mass is 474 g/mol. The summed E-state index contributed by atoms with van der Waals surface area (Å²) in [7, 11) is -0.654. The van der Waals surface area contributed by atoms with Crippen LogP contribution in [0.25, 0.3) is 11.0 Å². The molecule has 176 valence electrons. The Kier molecular flexibility index (Phi) is 6.26. The topological polar surface area (TPSA) is 115 Å². The van der Waals surface area contributed by atoms with Gasteiger partial charge in [0.2, 0.25) is 10.0 Å². The molecule has 1 saturated heterocycles. The van der Waals surface area contributed by atoms with Crippen LogP contribution in [0.1, 0.15) is 36.1 Å². The van der Waals surface area contributed by atoms with E-state index in [1.165, 1.54) is 37.4 Å². The number of hydrogen-bond acceptors (Lipinski definition) is 7. The number of carbonyl (C=O) groups is 2. The lowest BCUT2D eigenvalue weighted by molar-refractivity contribution is -0.149. The Morgan fingerprint density at radius 3 is 2.73 bits per heavy atom. The number of benzene rings is 1. The Morgan fingerprint density at radius 1 is 1.27 bits per heavy atom. The van der Waals surface area contributed by atoms with Gasteiger partial charge in [0.15, 0.2) is 5.76 Å². The highest BCUT2D eigenvalue weighted by molar-refractivity contribution is 7.89. The summed E-state index contributed by atoms with van der Waals surface area (Å²) in [5.41, 5.74) is 1.25. The fourth-order valence-electron chi connectivity index (χ4n) is 4.02. The van der Waals surface area contributed by atoms with Gasteiger partial charge in [-0.15, -0.1) is 0 Å². The van der Waals surface area contributed by atoms with E-state index in [0.29, 0.717) is 37.3 Å². The Balaban J connectivity index is 1.52. The Labute approximate surface area is 191 Å². The highest BCUT2D eigenvalue weighted by atomic mass is 32.2. The Hall–Kier alpha value is -3.18. The van der Waals surface area contributed by atoms with Crippen molar-refractivity contribution in [3.05, 3.63) is 48.2 Å². The summed E-state index contributed by atoms with van der Waals surface area (Å²) in [4.78, 5) is 31.6. The summed E-state index contributed by atoms with van der Waals surface area (Å²) in [6.07, 6.45) is 2.63. The minimum atomic E-state index is -3.59. The first kappa shape index (κ1) is 23.0. The number of ether oxygens (including phenoxy) is 1. The number of fused-ring (bicyclic) bond motifs is 1. The number of imidazole rings is 1. The maximum atomic E-state index is 12.8. The number of carbonyl (C=O) groups excluding carboxylic acids is 2. The van der Waals surface area contributed by atoms with Crippen LogP contribution in [0.3, 0.4) is 0 Å². The van der Waals surface area contributed by atoms with Crippen LogP contribution in [-0.2, 0) is 32.7 Å². The number of amides is 1. The van der Waals surface area contributed by atoms with E-state index >= 15 is 0 Å². The van der Waals surface area contributed by atoms with Gasteiger partial charge < -0.3 is 18.6 Å². The summed E-state index contributed by atoms with van der Waals surface area (Å²) in [5, 5.41) is 0. The highest BCUT2D eigenvalue weighted by Crippen LogP contribution is 2.24. The fourth-order valence-corrected chi connectivity index (χ4v) is 4.94. The molecule has 1 aliphatic heterocycles. The molecule has 11 heteroatoms. The number of esters is 1. The van der Waals surface area contributed by atoms with Crippen LogP contribution >= 0.6 is 0 Å². The van der Waals surface area contributed by atoms with Crippen LogP contribution in [0, 0.1) is 0 Å². The Morgan fingerprint density at radius 2 is 2.06 bits per heavy atom. The summed E-state index contributed by atoms with van der Waals surface area (Å²) in [6, 6.07) is 7.27. The van der Waals surface area contributed by atoms with E-state index in [1.807, 2.05) is 11.5 Å². The minimum absolute atomic E-state index is 0.0869. The van der Waals surface area contributed by atoms with Crippen molar-refractivity contribution in [2.45, 2.75) is 43.9 Å². The van der Waals surface area contributed by atoms with Crippen LogP contribution in [0.2, 0.25) is 0 Å². The molecule has 1 aromatic carbocycles. The third-order valence-electron chi connectivity index (χ3n) is 5.75. The zero-order chi connectivity index (χ0) is 23.8. The largest absolute Gasteiger partial charge is 0.459 e. The zero-order valence-corrected chi connectivity index (χ0v) is 19.5. The van der Waals surface area contributed by atoms with Gasteiger partial charge >= 0.3 is 5.97 Å². The number of furan rings is 1. The molecule has 1 fully saturated rings. The molecule has 1 atom stereocenters. The van der Waals surface area contributed by atoms with Crippen LogP contribution in [0.15, 0.2) is 45.9 Å². The Bertz CT molecular complexity index is 1280. The van der Waals surface area contributed by atoms with Gasteiger partial charge in [-0.05, 0) is 50.1 Å². The second kappa shape index (κ2) is 8.99. The summed E-state index contributed by atoms with van der Waals surface area (Å²) < 4.78 is 38.6. The number of likely N-dealkylation sites (tertiary alicyclic amines) is 1. The molecular weight excluding hydrogens is 448 g/mol. The average Bonchev–Trinajstić information content (AvgIpc) is 3.55. The lowest BCUT2D eigenvalue weighted by Gasteiger charge is -2.22. The molecule has 3 heterocycles. The SMILES string of the molecule is CCn1c(COC(=O)[C@@H]2CCCN2C(=O)c2ccco2)nc2cc(S(=O)(=O)N(C)C)ccc21. The van der Waals surface area contributed by atoms with Gasteiger partial charge in [-0.1, -0.05) is 0 Å². The number of nitrogens with zero attached hydrogens (tertiary/aromatic N) is 4. The van der Waals surface area contributed by atoms with Crippen LogP contribution in [0.5, 0.6) is 0 Å². The molecule has 0 bridgehead atoms. The number of hydrogen-bond donors (Lipinski definition) is 0. The van der Waals surface area contributed by atoms with Gasteiger partial charge in [-0.2, -0.15) is 0 Å². The van der Waals surface area contributed by atoms with E-state index in [-0.39, 0.29) is 23.2 Å². The van der Waals surface area contributed by atoms with Crippen LogP contribution < -0.4 is 0 Å². The van der Waals surface area contributed by atoms with Crippen molar-refractivity contribution in [1.29, 1.82) is 0 Å². The van der Waals surface area contributed by atoms with Gasteiger partial charge in [0, 0.05) is 27.2 Å². The van der Waals surface area contributed by atoms with Gasteiger partial charge in [0.05, 0.1) is 22.2 Å². The fraction of sp³-hybridized carbons (Fsp3) is 0.409. The van der Waals surface area contributed by atoms with Gasteiger partial charge in [0.25, 0.3) is 5.91 Å².